The first kappa shape index (κ1) is 17.0. The van der Waals surface area contributed by atoms with Crippen molar-refractivity contribution in [3.63, 3.8) is 0 Å². The van der Waals surface area contributed by atoms with Gasteiger partial charge in [-0.3, -0.25) is 0 Å². The van der Waals surface area contributed by atoms with E-state index in [1.54, 1.807) is 13.2 Å². The van der Waals surface area contributed by atoms with Gasteiger partial charge in [-0.1, -0.05) is 47.5 Å². The maximum atomic E-state index is 6.27. The van der Waals surface area contributed by atoms with Crippen LogP contribution in [-0.2, 0) is 6.42 Å². The van der Waals surface area contributed by atoms with E-state index in [0.29, 0.717) is 16.5 Å². The normalized spacial score (nSPS) is 11.0. The summed E-state index contributed by atoms with van der Waals surface area (Å²) in [4.78, 5) is 7.91. The number of halogens is 2. The van der Waals surface area contributed by atoms with Gasteiger partial charge in [0, 0.05) is 23.2 Å². The third-order valence-corrected chi connectivity index (χ3v) is 4.87. The zero-order valence-electron chi connectivity index (χ0n) is 14.1. The van der Waals surface area contributed by atoms with E-state index < -0.39 is 0 Å². The number of nitrogens with zero attached hydrogens (tertiary/aromatic N) is 1. The molecule has 130 valence electrons. The summed E-state index contributed by atoms with van der Waals surface area (Å²) in [7, 11) is 1.68. The van der Waals surface area contributed by atoms with E-state index in [-0.39, 0.29) is 0 Å². The lowest BCUT2D eigenvalue weighted by Gasteiger charge is -2.05. The van der Waals surface area contributed by atoms with Crippen LogP contribution in [0.2, 0.25) is 10.0 Å². The van der Waals surface area contributed by atoms with Crippen LogP contribution in [0.5, 0.6) is 5.75 Å². The first-order valence-electron chi connectivity index (χ1n) is 8.19. The Balaban J connectivity index is 1.60. The number of imidazole rings is 1. The number of nitrogens with one attached hydrogen (secondary N) is 1. The Kier molecular flexibility index (Phi) is 4.58. The van der Waals surface area contributed by atoms with Crippen LogP contribution in [0, 0.1) is 0 Å². The maximum Gasteiger partial charge on any atom is 0.119 e. The minimum Gasteiger partial charge on any atom is -0.497 e. The highest BCUT2D eigenvalue weighted by Gasteiger charge is 2.09. The second-order valence-corrected chi connectivity index (χ2v) is 6.92. The van der Waals surface area contributed by atoms with Crippen molar-refractivity contribution < 1.29 is 4.74 Å². The van der Waals surface area contributed by atoms with Gasteiger partial charge in [-0.25, -0.2) is 4.98 Å². The number of rotatable bonds is 4. The summed E-state index contributed by atoms with van der Waals surface area (Å²) in [5.41, 5.74) is 2.86. The molecule has 0 fully saturated rings. The van der Waals surface area contributed by atoms with Gasteiger partial charge in [-0.15, -0.1) is 0 Å². The van der Waals surface area contributed by atoms with E-state index in [0.717, 1.165) is 28.2 Å². The molecular weight excluding hydrogens is 367 g/mol. The Labute approximate surface area is 161 Å². The topological polar surface area (TPSA) is 37.9 Å². The molecule has 0 saturated carbocycles. The number of H-pyrrole nitrogens is 1. The SMILES string of the molecule is COc1ccc2cc(Cc3nc(-c4ccc(Cl)cc4Cl)c[nH]3)ccc2c1. The van der Waals surface area contributed by atoms with Gasteiger partial charge >= 0.3 is 0 Å². The van der Waals surface area contributed by atoms with Crippen molar-refractivity contribution in [3.8, 4) is 17.0 Å². The van der Waals surface area contributed by atoms with Gasteiger partial charge in [0.25, 0.3) is 0 Å². The van der Waals surface area contributed by atoms with Crippen LogP contribution in [0.25, 0.3) is 22.0 Å². The number of aromatic nitrogens is 2. The molecule has 0 amide bonds. The standard InChI is InChI=1S/C21H16Cl2N2O/c1-26-17-6-4-14-8-13(2-3-15(14)10-17)9-21-24-12-20(25-21)18-7-5-16(22)11-19(18)23/h2-8,10-12H,9H2,1H3,(H,24,25). The monoisotopic (exact) mass is 382 g/mol. The molecule has 0 radical (unpaired) electrons. The summed E-state index contributed by atoms with van der Waals surface area (Å²) in [5, 5.41) is 3.54. The Bertz CT molecular complexity index is 1090. The fourth-order valence-electron chi connectivity index (χ4n) is 2.99. The number of benzene rings is 3. The first-order chi connectivity index (χ1) is 12.6. The Morgan fingerprint density at radius 2 is 1.77 bits per heavy atom. The van der Waals surface area contributed by atoms with Crippen LogP contribution in [-0.4, -0.2) is 17.1 Å². The summed E-state index contributed by atoms with van der Waals surface area (Å²) in [6, 6.07) is 17.9. The summed E-state index contributed by atoms with van der Waals surface area (Å²) in [6.45, 7) is 0. The average molecular weight is 383 g/mol. The number of ether oxygens (including phenoxy) is 1. The van der Waals surface area contributed by atoms with Crippen LogP contribution in [0.15, 0.2) is 60.8 Å². The molecule has 0 bridgehead atoms. The van der Waals surface area contributed by atoms with E-state index >= 15 is 0 Å². The third-order valence-electron chi connectivity index (χ3n) is 4.32. The molecule has 0 aliphatic rings. The lowest BCUT2D eigenvalue weighted by molar-refractivity contribution is 0.415. The van der Waals surface area contributed by atoms with Gasteiger partial charge < -0.3 is 9.72 Å². The third kappa shape index (κ3) is 3.41. The molecule has 5 heteroatoms. The number of aromatic amines is 1. The number of hydrogen-bond donors (Lipinski definition) is 1. The molecule has 0 saturated heterocycles. The van der Waals surface area contributed by atoms with E-state index in [1.165, 1.54) is 10.9 Å². The van der Waals surface area contributed by atoms with Gasteiger partial charge in [-0.2, -0.15) is 0 Å². The van der Waals surface area contributed by atoms with Crippen molar-refractivity contribution in [2.75, 3.05) is 7.11 Å². The average Bonchev–Trinajstić information content (AvgIpc) is 3.09. The van der Waals surface area contributed by atoms with Gasteiger partial charge in [-0.05, 0) is 46.7 Å². The van der Waals surface area contributed by atoms with Crippen LogP contribution < -0.4 is 4.74 Å². The molecule has 0 atom stereocenters. The highest BCUT2D eigenvalue weighted by Crippen LogP contribution is 2.29. The fourth-order valence-corrected chi connectivity index (χ4v) is 3.50. The van der Waals surface area contributed by atoms with Crippen molar-refractivity contribution in [1.82, 2.24) is 9.97 Å². The highest BCUT2D eigenvalue weighted by molar-refractivity contribution is 6.36. The molecule has 3 aromatic carbocycles. The Morgan fingerprint density at radius 1 is 0.962 bits per heavy atom. The molecule has 26 heavy (non-hydrogen) atoms. The van der Waals surface area contributed by atoms with Crippen molar-refractivity contribution in [1.29, 1.82) is 0 Å². The van der Waals surface area contributed by atoms with Crippen LogP contribution in [0.1, 0.15) is 11.4 Å². The zero-order chi connectivity index (χ0) is 18.1. The molecule has 4 aromatic rings. The Hall–Kier alpha value is -2.49. The quantitative estimate of drug-likeness (QED) is 0.460. The van der Waals surface area contributed by atoms with Crippen molar-refractivity contribution in [2.45, 2.75) is 6.42 Å². The molecular formula is C21H16Cl2N2O. The van der Waals surface area contributed by atoms with Gasteiger partial charge in [0.15, 0.2) is 0 Å². The van der Waals surface area contributed by atoms with Gasteiger partial charge in [0.2, 0.25) is 0 Å². The first-order valence-corrected chi connectivity index (χ1v) is 8.94. The van der Waals surface area contributed by atoms with Crippen LogP contribution in [0.3, 0.4) is 0 Å². The molecule has 3 nitrogen and oxygen atoms in total. The number of methoxy groups -OCH3 is 1. The fraction of sp³-hybridized carbons (Fsp3) is 0.0952. The van der Waals surface area contributed by atoms with Gasteiger partial charge in [0.05, 0.1) is 17.8 Å². The number of fused-ring (bicyclic) bond motifs is 1. The molecule has 0 aliphatic heterocycles. The van der Waals surface area contributed by atoms with Crippen LogP contribution >= 0.6 is 23.2 Å². The van der Waals surface area contributed by atoms with E-state index in [4.69, 9.17) is 27.9 Å². The van der Waals surface area contributed by atoms with E-state index in [9.17, 15) is 0 Å². The second-order valence-electron chi connectivity index (χ2n) is 6.08. The summed E-state index contributed by atoms with van der Waals surface area (Å²) in [5.74, 6) is 1.75. The molecule has 0 spiro atoms. The highest BCUT2D eigenvalue weighted by atomic mass is 35.5. The minimum atomic E-state index is 0.593. The molecule has 1 aromatic heterocycles. The van der Waals surface area contributed by atoms with Crippen molar-refractivity contribution in [3.05, 3.63) is 82.2 Å². The Morgan fingerprint density at radius 3 is 2.58 bits per heavy atom. The lowest BCUT2D eigenvalue weighted by Crippen LogP contribution is -1.91. The lowest BCUT2D eigenvalue weighted by atomic mass is 10.0. The molecule has 0 aliphatic carbocycles. The van der Waals surface area contributed by atoms with Crippen molar-refractivity contribution in [2.24, 2.45) is 0 Å². The molecule has 0 unspecified atom stereocenters. The van der Waals surface area contributed by atoms with Gasteiger partial charge in [0.1, 0.15) is 11.6 Å². The molecule has 4 rings (SSSR count). The van der Waals surface area contributed by atoms with E-state index in [2.05, 4.69) is 34.2 Å². The summed E-state index contributed by atoms with van der Waals surface area (Å²) < 4.78 is 5.28. The van der Waals surface area contributed by atoms with Crippen molar-refractivity contribution >= 4 is 34.0 Å². The largest absolute Gasteiger partial charge is 0.497 e. The maximum absolute atomic E-state index is 6.27. The number of hydrogen-bond acceptors (Lipinski definition) is 2. The smallest absolute Gasteiger partial charge is 0.119 e. The minimum absolute atomic E-state index is 0.593. The second kappa shape index (κ2) is 7.02. The molecule has 1 heterocycles. The predicted octanol–water partition coefficient (Wildman–Crippen LogP) is 6.14. The summed E-state index contributed by atoms with van der Waals surface area (Å²) in [6.07, 6.45) is 2.59. The predicted molar refractivity (Wildman–Crippen MR) is 107 cm³/mol. The zero-order valence-corrected chi connectivity index (χ0v) is 15.6. The van der Waals surface area contributed by atoms with E-state index in [1.807, 2.05) is 30.5 Å². The van der Waals surface area contributed by atoms with Crippen LogP contribution in [0.4, 0.5) is 0 Å². The molecule has 1 N–H and O–H groups in total. The summed E-state index contributed by atoms with van der Waals surface area (Å²) >= 11 is 12.2.